The van der Waals surface area contributed by atoms with E-state index in [1.807, 2.05) is 14.1 Å². The van der Waals surface area contributed by atoms with Crippen molar-refractivity contribution < 1.29 is 13.6 Å². The van der Waals surface area contributed by atoms with Crippen LogP contribution in [0, 0.1) is 11.6 Å². The highest BCUT2D eigenvalue weighted by Crippen LogP contribution is 2.14. The smallest absolute Gasteiger partial charge is 0.257 e. The fraction of sp³-hybridized carbons (Fsp3) is 0.294. The Morgan fingerprint density at radius 1 is 1.17 bits per heavy atom. The molecule has 1 aromatic carbocycles. The van der Waals surface area contributed by atoms with Crippen molar-refractivity contribution in [1.29, 1.82) is 0 Å². The van der Waals surface area contributed by atoms with E-state index in [-0.39, 0.29) is 5.69 Å². The molecule has 128 valence electrons. The van der Waals surface area contributed by atoms with E-state index in [0.29, 0.717) is 11.4 Å². The summed E-state index contributed by atoms with van der Waals surface area (Å²) >= 11 is 0. The summed E-state index contributed by atoms with van der Waals surface area (Å²) in [7, 11) is 4.03. The molecular formula is C17H20F2N4O. The normalized spacial score (nSPS) is 10.7. The van der Waals surface area contributed by atoms with Crippen LogP contribution in [0.4, 0.5) is 20.3 Å². The van der Waals surface area contributed by atoms with Gasteiger partial charge in [-0.3, -0.25) is 4.79 Å². The van der Waals surface area contributed by atoms with Crippen molar-refractivity contribution in [1.82, 2.24) is 9.88 Å². The van der Waals surface area contributed by atoms with Gasteiger partial charge in [-0.1, -0.05) is 0 Å². The molecule has 0 bridgehead atoms. The molecule has 0 saturated carbocycles. The lowest BCUT2D eigenvalue weighted by Crippen LogP contribution is -2.17. The zero-order valence-electron chi connectivity index (χ0n) is 13.6. The Kier molecular flexibility index (Phi) is 6.20. The molecule has 0 fully saturated rings. The number of aromatic nitrogens is 1. The molecule has 7 heteroatoms. The van der Waals surface area contributed by atoms with Crippen LogP contribution in [0.2, 0.25) is 0 Å². The predicted octanol–water partition coefficient (Wildman–Crippen LogP) is 2.98. The summed E-state index contributed by atoms with van der Waals surface area (Å²) in [6.07, 6.45) is 2.41. The molecule has 0 atom stereocenters. The fourth-order valence-corrected chi connectivity index (χ4v) is 2.02. The van der Waals surface area contributed by atoms with Gasteiger partial charge >= 0.3 is 0 Å². The Bertz CT molecular complexity index is 689. The molecule has 2 aromatic rings. The molecule has 0 aliphatic rings. The third-order valence-corrected chi connectivity index (χ3v) is 3.29. The Labute approximate surface area is 139 Å². The molecular weight excluding hydrogens is 314 g/mol. The SMILES string of the molecule is CN(C)CCCNc1ccc(C(=O)Nc2ccc(F)c(F)c2)cn1. The van der Waals surface area contributed by atoms with Gasteiger partial charge in [0.15, 0.2) is 11.6 Å². The van der Waals surface area contributed by atoms with Gasteiger partial charge in [-0.15, -0.1) is 0 Å². The lowest BCUT2D eigenvalue weighted by atomic mass is 10.2. The first-order valence-electron chi connectivity index (χ1n) is 7.57. The minimum atomic E-state index is -1.01. The van der Waals surface area contributed by atoms with Crippen molar-refractivity contribution in [2.45, 2.75) is 6.42 Å². The minimum absolute atomic E-state index is 0.185. The van der Waals surface area contributed by atoms with Gasteiger partial charge in [0.1, 0.15) is 5.82 Å². The summed E-state index contributed by atoms with van der Waals surface area (Å²) in [5.41, 5.74) is 0.517. The van der Waals surface area contributed by atoms with E-state index in [0.717, 1.165) is 31.6 Å². The first kappa shape index (κ1) is 17.8. The highest BCUT2D eigenvalue weighted by molar-refractivity contribution is 6.04. The average Bonchev–Trinajstić information content (AvgIpc) is 2.55. The molecule has 1 heterocycles. The van der Waals surface area contributed by atoms with Crippen molar-refractivity contribution in [3.05, 3.63) is 53.7 Å². The van der Waals surface area contributed by atoms with E-state index in [9.17, 15) is 13.6 Å². The molecule has 0 unspecified atom stereocenters. The maximum absolute atomic E-state index is 13.1. The fourth-order valence-electron chi connectivity index (χ4n) is 2.02. The van der Waals surface area contributed by atoms with E-state index in [4.69, 9.17) is 0 Å². The quantitative estimate of drug-likeness (QED) is 0.765. The number of rotatable bonds is 7. The van der Waals surface area contributed by atoms with Gasteiger partial charge in [0, 0.05) is 24.5 Å². The van der Waals surface area contributed by atoms with Crippen molar-refractivity contribution in [3.63, 3.8) is 0 Å². The Morgan fingerprint density at radius 2 is 1.96 bits per heavy atom. The van der Waals surface area contributed by atoms with Crippen LogP contribution < -0.4 is 10.6 Å². The van der Waals surface area contributed by atoms with Crippen LogP contribution in [-0.2, 0) is 0 Å². The molecule has 2 N–H and O–H groups in total. The Morgan fingerprint density at radius 3 is 2.58 bits per heavy atom. The highest BCUT2D eigenvalue weighted by atomic mass is 19.2. The van der Waals surface area contributed by atoms with Crippen molar-refractivity contribution in [2.75, 3.05) is 37.8 Å². The minimum Gasteiger partial charge on any atom is -0.370 e. The molecule has 2 rings (SSSR count). The number of carbonyl (C=O) groups is 1. The van der Waals surface area contributed by atoms with Crippen LogP contribution in [0.3, 0.4) is 0 Å². The van der Waals surface area contributed by atoms with Crippen LogP contribution in [-0.4, -0.2) is 43.0 Å². The topological polar surface area (TPSA) is 57.3 Å². The number of amides is 1. The van der Waals surface area contributed by atoms with Gasteiger partial charge in [0.2, 0.25) is 0 Å². The summed E-state index contributed by atoms with van der Waals surface area (Å²) in [6, 6.07) is 6.52. The van der Waals surface area contributed by atoms with Crippen LogP contribution in [0.5, 0.6) is 0 Å². The number of halogens is 2. The first-order valence-corrected chi connectivity index (χ1v) is 7.57. The molecule has 24 heavy (non-hydrogen) atoms. The second-order valence-electron chi connectivity index (χ2n) is 5.60. The number of pyridine rings is 1. The van der Waals surface area contributed by atoms with E-state index < -0.39 is 17.5 Å². The summed E-state index contributed by atoms with van der Waals surface area (Å²) in [4.78, 5) is 18.3. The average molecular weight is 334 g/mol. The van der Waals surface area contributed by atoms with E-state index in [1.54, 1.807) is 12.1 Å². The third kappa shape index (κ3) is 5.27. The second-order valence-corrected chi connectivity index (χ2v) is 5.60. The molecule has 0 saturated heterocycles. The van der Waals surface area contributed by atoms with Crippen LogP contribution in [0.1, 0.15) is 16.8 Å². The zero-order chi connectivity index (χ0) is 17.5. The summed E-state index contributed by atoms with van der Waals surface area (Å²) < 4.78 is 26.0. The maximum atomic E-state index is 13.1. The number of nitrogens with zero attached hydrogens (tertiary/aromatic N) is 2. The first-order chi connectivity index (χ1) is 11.5. The molecule has 0 aliphatic carbocycles. The molecule has 5 nitrogen and oxygen atoms in total. The van der Waals surface area contributed by atoms with Gasteiger partial charge in [-0.05, 0) is 51.3 Å². The number of hydrogen-bond acceptors (Lipinski definition) is 4. The summed E-state index contributed by atoms with van der Waals surface area (Å²) in [5.74, 6) is -1.73. The van der Waals surface area contributed by atoms with E-state index in [1.165, 1.54) is 12.3 Å². The second kappa shape index (κ2) is 8.35. The van der Waals surface area contributed by atoms with Gasteiger partial charge in [0.25, 0.3) is 5.91 Å². The number of hydrogen-bond donors (Lipinski definition) is 2. The number of anilines is 2. The lowest BCUT2D eigenvalue weighted by Gasteiger charge is -2.10. The van der Waals surface area contributed by atoms with Crippen molar-refractivity contribution in [2.24, 2.45) is 0 Å². The van der Waals surface area contributed by atoms with Crippen LogP contribution >= 0.6 is 0 Å². The maximum Gasteiger partial charge on any atom is 0.257 e. The van der Waals surface area contributed by atoms with E-state index in [2.05, 4.69) is 20.5 Å². The van der Waals surface area contributed by atoms with Crippen molar-refractivity contribution >= 4 is 17.4 Å². The number of carbonyl (C=O) groups excluding carboxylic acids is 1. The molecule has 0 aliphatic heterocycles. The summed E-state index contributed by atoms with van der Waals surface area (Å²) in [5, 5.41) is 5.67. The zero-order valence-corrected chi connectivity index (χ0v) is 13.6. The third-order valence-electron chi connectivity index (χ3n) is 3.29. The van der Waals surface area contributed by atoms with Crippen LogP contribution in [0.25, 0.3) is 0 Å². The van der Waals surface area contributed by atoms with Gasteiger partial charge in [0.05, 0.1) is 5.56 Å². The molecule has 1 aromatic heterocycles. The van der Waals surface area contributed by atoms with Crippen molar-refractivity contribution in [3.8, 4) is 0 Å². The standard InChI is InChI=1S/C17H20F2N4O/c1-23(2)9-3-8-20-16-7-4-12(11-21-16)17(24)22-13-5-6-14(18)15(19)10-13/h4-7,10-11H,3,8-9H2,1-2H3,(H,20,21)(H,22,24). The lowest BCUT2D eigenvalue weighted by molar-refractivity contribution is 0.102. The Hall–Kier alpha value is -2.54. The number of benzene rings is 1. The molecule has 0 spiro atoms. The van der Waals surface area contributed by atoms with Gasteiger partial charge in [-0.2, -0.15) is 0 Å². The van der Waals surface area contributed by atoms with E-state index >= 15 is 0 Å². The summed E-state index contributed by atoms with van der Waals surface area (Å²) in [6.45, 7) is 1.76. The van der Waals surface area contributed by atoms with Crippen LogP contribution in [0.15, 0.2) is 36.5 Å². The Balaban J connectivity index is 1.89. The monoisotopic (exact) mass is 334 g/mol. The largest absolute Gasteiger partial charge is 0.370 e. The molecule has 0 radical (unpaired) electrons. The predicted molar refractivity (Wildman–Crippen MR) is 90.2 cm³/mol. The number of nitrogens with one attached hydrogen (secondary N) is 2. The highest BCUT2D eigenvalue weighted by Gasteiger charge is 2.09. The van der Waals surface area contributed by atoms with Gasteiger partial charge < -0.3 is 15.5 Å². The van der Waals surface area contributed by atoms with Gasteiger partial charge in [-0.25, -0.2) is 13.8 Å². The molecule has 1 amide bonds.